The van der Waals surface area contributed by atoms with Crippen molar-refractivity contribution in [1.29, 1.82) is 0 Å². The lowest BCUT2D eigenvalue weighted by Crippen LogP contribution is -2.60. The second-order valence-corrected chi connectivity index (χ2v) is 5.56. The lowest BCUT2D eigenvalue weighted by Gasteiger charge is -2.51. The van der Waals surface area contributed by atoms with E-state index in [1.54, 1.807) is 0 Å². The molecule has 1 aromatic rings. The molecule has 0 saturated carbocycles. The van der Waals surface area contributed by atoms with Gasteiger partial charge in [-0.3, -0.25) is 4.79 Å². The van der Waals surface area contributed by atoms with Gasteiger partial charge in [0, 0.05) is 0 Å². The molecule has 1 fully saturated rings. The molecule has 3 nitrogen and oxygen atoms in total. The number of aryl methyl sites for hydroxylation is 1. The van der Waals surface area contributed by atoms with Crippen LogP contribution in [0, 0.1) is 12.3 Å². The number of carbonyl (C=O) groups excluding carboxylic acids is 1. The minimum atomic E-state index is -0.588. The van der Waals surface area contributed by atoms with Crippen molar-refractivity contribution in [3.8, 4) is 0 Å². The van der Waals surface area contributed by atoms with E-state index in [-0.39, 0.29) is 11.4 Å². The third-order valence-electron chi connectivity index (χ3n) is 4.19. The lowest BCUT2D eigenvalue weighted by atomic mass is 9.60. The first-order chi connectivity index (χ1) is 8.44. The Balaban J connectivity index is 2.42. The fraction of sp³-hybridized carbons (Fsp3) is 0.533. The third kappa shape index (κ3) is 1.74. The van der Waals surface area contributed by atoms with Crippen LogP contribution in [-0.4, -0.2) is 26.3 Å². The topological polar surface area (TPSA) is 35.5 Å². The zero-order valence-electron chi connectivity index (χ0n) is 11.4. The van der Waals surface area contributed by atoms with Crippen LogP contribution in [-0.2, 0) is 19.7 Å². The van der Waals surface area contributed by atoms with Crippen molar-refractivity contribution in [3.05, 3.63) is 35.4 Å². The summed E-state index contributed by atoms with van der Waals surface area (Å²) in [6, 6.07) is 8.32. The van der Waals surface area contributed by atoms with Crippen LogP contribution >= 0.6 is 0 Å². The summed E-state index contributed by atoms with van der Waals surface area (Å²) in [6.45, 7) is 7.05. The zero-order valence-corrected chi connectivity index (χ0v) is 11.4. The van der Waals surface area contributed by atoms with Crippen molar-refractivity contribution in [2.45, 2.75) is 26.2 Å². The number of hydrogen-bond donors (Lipinski definition) is 0. The minimum absolute atomic E-state index is 0.189. The second kappa shape index (κ2) is 4.39. The fourth-order valence-corrected chi connectivity index (χ4v) is 2.52. The Morgan fingerprint density at radius 2 is 1.83 bits per heavy atom. The Labute approximate surface area is 108 Å². The molecule has 18 heavy (non-hydrogen) atoms. The molecule has 0 bridgehead atoms. The van der Waals surface area contributed by atoms with Gasteiger partial charge in [-0.05, 0) is 26.3 Å². The van der Waals surface area contributed by atoms with Gasteiger partial charge in [0.2, 0.25) is 0 Å². The van der Waals surface area contributed by atoms with E-state index in [2.05, 4.69) is 31.2 Å². The molecule has 98 valence electrons. The number of carbonyl (C=O) groups is 1. The van der Waals surface area contributed by atoms with Crippen LogP contribution in [0.4, 0.5) is 0 Å². The van der Waals surface area contributed by atoms with Gasteiger partial charge in [-0.1, -0.05) is 29.8 Å². The van der Waals surface area contributed by atoms with Crippen molar-refractivity contribution in [3.63, 3.8) is 0 Å². The van der Waals surface area contributed by atoms with Gasteiger partial charge in [0.15, 0.2) is 0 Å². The highest BCUT2D eigenvalue weighted by Gasteiger charge is 2.56. The Kier molecular flexibility index (Phi) is 3.20. The Bertz CT molecular complexity index is 441. The van der Waals surface area contributed by atoms with Gasteiger partial charge in [-0.2, -0.15) is 0 Å². The van der Waals surface area contributed by atoms with Gasteiger partial charge in [0.05, 0.1) is 31.2 Å². The number of esters is 1. The van der Waals surface area contributed by atoms with Crippen molar-refractivity contribution < 1.29 is 14.3 Å². The van der Waals surface area contributed by atoms with Gasteiger partial charge in [0.1, 0.15) is 0 Å². The van der Waals surface area contributed by atoms with E-state index in [1.165, 1.54) is 12.7 Å². The van der Waals surface area contributed by atoms with Crippen molar-refractivity contribution in [2.24, 2.45) is 5.41 Å². The number of methoxy groups -OCH3 is 1. The highest BCUT2D eigenvalue weighted by Crippen LogP contribution is 2.48. The van der Waals surface area contributed by atoms with E-state index in [9.17, 15) is 4.79 Å². The van der Waals surface area contributed by atoms with Crippen molar-refractivity contribution in [1.82, 2.24) is 0 Å². The molecule has 1 heterocycles. The molecule has 0 atom stereocenters. The SMILES string of the molecule is COC(=O)C(C)(C)C1(c2ccc(C)cc2)COC1. The summed E-state index contributed by atoms with van der Waals surface area (Å²) in [5, 5.41) is 0. The predicted octanol–water partition coefficient (Wildman–Crippen LogP) is 2.46. The summed E-state index contributed by atoms with van der Waals surface area (Å²) in [7, 11) is 1.44. The van der Waals surface area contributed by atoms with Crippen LogP contribution in [0.15, 0.2) is 24.3 Å². The van der Waals surface area contributed by atoms with E-state index in [0.717, 1.165) is 5.56 Å². The van der Waals surface area contributed by atoms with Gasteiger partial charge < -0.3 is 9.47 Å². The first-order valence-corrected chi connectivity index (χ1v) is 6.17. The molecule has 1 saturated heterocycles. The van der Waals surface area contributed by atoms with E-state index < -0.39 is 5.41 Å². The first-order valence-electron chi connectivity index (χ1n) is 6.17. The Morgan fingerprint density at radius 1 is 1.28 bits per heavy atom. The smallest absolute Gasteiger partial charge is 0.312 e. The normalized spacial score (nSPS) is 18.0. The Hall–Kier alpha value is -1.35. The van der Waals surface area contributed by atoms with E-state index in [4.69, 9.17) is 9.47 Å². The molecule has 1 aliphatic rings. The van der Waals surface area contributed by atoms with Crippen molar-refractivity contribution >= 4 is 5.97 Å². The Morgan fingerprint density at radius 3 is 2.22 bits per heavy atom. The second-order valence-electron chi connectivity index (χ2n) is 5.56. The van der Waals surface area contributed by atoms with Crippen LogP contribution in [0.3, 0.4) is 0 Å². The largest absolute Gasteiger partial charge is 0.469 e. The summed E-state index contributed by atoms with van der Waals surface area (Å²) < 4.78 is 10.3. The molecule has 0 amide bonds. The average molecular weight is 248 g/mol. The molecule has 0 N–H and O–H groups in total. The highest BCUT2D eigenvalue weighted by atomic mass is 16.5. The van der Waals surface area contributed by atoms with Crippen LogP contribution in [0.2, 0.25) is 0 Å². The summed E-state index contributed by atoms with van der Waals surface area (Å²) in [4.78, 5) is 12.0. The molecule has 0 unspecified atom stereocenters. The molecule has 1 aliphatic heterocycles. The van der Waals surface area contributed by atoms with Crippen molar-refractivity contribution in [2.75, 3.05) is 20.3 Å². The predicted molar refractivity (Wildman–Crippen MR) is 69.5 cm³/mol. The van der Waals surface area contributed by atoms with E-state index in [1.807, 2.05) is 13.8 Å². The average Bonchev–Trinajstić information content (AvgIpc) is 2.28. The maximum atomic E-state index is 12.0. The minimum Gasteiger partial charge on any atom is -0.469 e. The maximum Gasteiger partial charge on any atom is 0.312 e. The van der Waals surface area contributed by atoms with Gasteiger partial charge >= 0.3 is 5.97 Å². The molecular weight excluding hydrogens is 228 g/mol. The monoisotopic (exact) mass is 248 g/mol. The summed E-state index contributed by atoms with van der Waals surface area (Å²) in [5.41, 5.74) is 1.50. The van der Waals surface area contributed by atoms with Crippen LogP contribution in [0.1, 0.15) is 25.0 Å². The molecule has 2 rings (SSSR count). The fourth-order valence-electron chi connectivity index (χ4n) is 2.52. The lowest BCUT2D eigenvalue weighted by molar-refractivity contribution is -0.174. The number of ether oxygens (including phenoxy) is 2. The summed E-state index contributed by atoms with van der Waals surface area (Å²) in [6.07, 6.45) is 0. The highest BCUT2D eigenvalue weighted by molar-refractivity contribution is 5.78. The zero-order chi connectivity index (χ0) is 13.4. The number of hydrogen-bond acceptors (Lipinski definition) is 3. The molecule has 0 aromatic heterocycles. The van der Waals surface area contributed by atoms with Gasteiger partial charge in [0.25, 0.3) is 0 Å². The van der Waals surface area contributed by atoms with Crippen LogP contribution in [0.5, 0.6) is 0 Å². The summed E-state index contributed by atoms with van der Waals surface area (Å²) in [5.74, 6) is -0.189. The van der Waals surface area contributed by atoms with E-state index >= 15 is 0 Å². The third-order valence-corrected chi connectivity index (χ3v) is 4.19. The molecule has 0 radical (unpaired) electrons. The standard InChI is InChI=1S/C15H20O3/c1-11-5-7-12(8-6-11)15(9-18-10-15)14(2,3)13(16)17-4/h5-8H,9-10H2,1-4H3. The molecule has 0 aliphatic carbocycles. The molecule has 3 heteroatoms. The molecule has 1 aromatic carbocycles. The molecular formula is C15H20O3. The number of benzene rings is 1. The first kappa shape index (κ1) is 13.1. The summed E-state index contributed by atoms with van der Waals surface area (Å²) >= 11 is 0. The van der Waals surface area contributed by atoms with Gasteiger partial charge in [-0.15, -0.1) is 0 Å². The van der Waals surface area contributed by atoms with E-state index in [0.29, 0.717) is 13.2 Å². The van der Waals surface area contributed by atoms with Crippen LogP contribution in [0.25, 0.3) is 0 Å². The maximum absolute atomic E-state index is 12.0. The molecule has 0 spiro atoms. The van der Waals surface area contributed by atoms with Crippen LogP contribution < -0.4 is 0 Å². The number of rotatable bonds is 3. The van der Waals surface area contributed by atoms with Gasteiger partial charge in [-0.25, -0.2) is 0 Å². The quantitative estimate of drug-likeness (QED) is 0.771.